The van der Waals surface area contributed by atoms with Crippen LogP contribution in [-0.4, -0.2) is 26.5 Å². The van der Waals surface area contributed by atoms with E-state index in [0.717, 1.165) is 32.8 Å². The van der Waals surface area contributed by atoms with Gasteiger partial charge in [0.05, 0.1) is 17.6 Å². The van der Waals surface area contributed by atoms with Gasteiger partial charge in [-0.3, -0.25) is 9.59 Å². The van der Waals surface area contributed by atoms with E-state index in [-0.39, 0.29) is 23.6 Å². The number of carbonyl (C=O) groups excluding carboxylic acids is 1. The van der Waals surface area contributed by atoms with Crippen LogP contribution >= 0.6 is 11.3 Å². The van der Waals surface area contributed by atoms with E-state index in [1.54, 1.807) is 0 Å². The molecule has 1 aromatic carbocycles. The first-order valence-corrected chi connectivity index (χ1v) is 10.1. The fourth-order valence-corrected chi connectivity index (χ4v) is 4.43. The monoisotopic (exact) mass is 398 g/mol. The van der Waals surface area contributed by atoms with Gasteiger partial charge in [0.15, 0.2) is 4.83 Å². The van der Waals surface area contributed by atoms with Crippen LogP contribution in [0.15, 0.2) is 29.1 Å². The van der Waals surface area contributed by atoms with E-state index in [1.807, 2.05) is 31.2 Å². The minimum atomic E-state index is -0.309. The fraction of sp³-hybridized carbons (Fsp3) is 0.400. The molecule has 0 saturated carbocycles. The van der Waals surface area contributed by atoms with Crippen molar-refractivity contribution in [2.75, 3.05) is 5.32 Å². The van der Waals surface area contributed by atoms with Crippen LogP contribution in [-0.2, 0) is 29.1 Å². The van der Waals surface area contributed by atoms with Crippen molar-refractivity contribution < 1.29 is 9.53 Å². The summed E-state index contributed by atoms with van der Waals surface area (Å²) < 4.78 is 7.11. The average Bonchev–Trinajstić information content (AvgIpc) is 3.04. The number of nitrogens with one attached hydrogen (secondary N) is 1. The zero-order chi connectivity index (χ0) is 19.9. The summed E-state index contributed by atoms with van der Waals surface area (Å²) in [6.45, 7) is 6.35. The number of thiophene rings is 1. The molecule has 3 aromatic rings. The van der Waals surface area contributed by atoms with Crippen molar-refractivity contribution in [3.05, 3.63) is 50.6 Å². The highest BCUT2D eigenvalue weighted by atomic mass is 32.1. The van der Waals surface area contributed by atoms with Crippen LogP contribution in [0.2, 0.25) is 0 Å². The number of hydrogen-bond acceptors (Lipinski definition) is 6. The lowest BCUT2D eigenvalue weighted by molar-refractivity contribution is -0.117. The molecular formula is C20H22N4O3S. The molecule has 7 nitrogen and oxygen atoms in total. The van der Waals surface area contributed by atoms with Crippen LogP contribution < -0.4 is 10.9 Å². The number of benzene rings is 1. The van der Waals surface area contributed by atoms with Gasteiger partial charge in [0.1, 0.15) is 6.54 Å². The van der Waals surface area contributed by atoms with Crippen molar-refractivity contribution in [3.63, 3.8) is 0 Å². The predicted octanol–water partition coefficient (Wildman–Crippen LogP) is 3.04. The maximum Gasteiger partial charge on any atom is 0.279 e. The molecule has 4 rings (SSSR count). The number of anilines is 1. The zero-order valence-electron chi connectivity index (χ0n) is 16.1. The maximum atomic E-state index is 13.1. The summed E-state index contributed by atoms with van der Waals surface area (Å²) in [6.07, 6.45) is 1.52. The molecule has 0 unspecified atom stereocenters. The molecule has 0 aliphatic carbocycles. The molecule has 146 valence electrons. The second kappa shape index (κ2) is 7.10. The van der Waals surface area contributed by atoms with Crippen LogP contribution in [0.4, 0.5) is 5.69 Å². The summed E-state index contributed by atoms with van der Waals surface area (Å²) in [4.78, 5) is 27.1. The fourth-order valence-electron chi connectivity index (χ4n) is 3.39. The first kappa shape index (κ1) is 18.8. The van der Waals surface area contributed by atoms with Crippen LogP contribution in [0.3, 0.4) is 0 Å². The van der Waals surface area contributed by atoms with Gasteiger partial charge < -0.3 is 10.1 Å². The van der Waals surface area contributed by atoms with Crippen LogP contribution in [0.5, 0.6) is 0 Å². The third-order valence-electron chi connectivity index (χ3n) is 5.33. The first-order valence-electron chi connectivity index (χ1n) is 9.27. The molecule has 0 fully saturated rings. The summed E-state index contributed by atoms with van der Waals surface area (Å²) in [5.41, 5.74) is 2.10. The molecule has 0 saturated heterocycles. The van der Waals surface area contributed by atoms with E-state index in [2.05, 4.69) is 29.5 Å². The number of hydrogen-bond donors (Lipinski definition) is 1. The number of carbonyl (C=O) groups is 1. The summed E-state index contributed by atoms with van der Waals surface area (Å²) in [6, 6.07) is 7.50. The number of ether oxygens (including phenoxy) is 1. The van der Waals surface area contributed by atoms with Crippen molar-refractivity contribution in [2.45, 2.75) is 52.4 Å². The van der Waals surface area contributed by atoms with Gasteiger partial charge in [-0.15, -0.1) is 16.4 Å². The Morgan fingerprint density at radius 3 is 2.93 bits per heavy atom. The van der Waals surface area contributed by atoms with Crippen molar-refractivity contribution in [3.8, 4) is 0 Å². The van der Waals surface area contributed by atoms with Gasteiger partial charge in [-0.05, 0) is 37.5 Å². The Morgan fingerprint density at radius 2 is 2.18 bits per heavy atom. The van der Waals surface area contributed by atoms with Crippen molar-refractivity contribution in [1.82, 2.24) is 15.0 Å². The minimum Gasteiger partial charge on any atom is -0.369 e. The Balaban J connectivity index is 1.65. The number of aryl methyl sites for hydroxylation is 1. The van der Waals surface area contributed by atoms with Gasteiger partial charge in [0.25, 0.3) is 5.56 Å². The average molecular weight is 398 g/mol. The Labute approximate surface area is 166 Å². The summed E-state index contributed by atoms with van der Waals surface area (Å²) in [5.74, 6) is -0.309. The van der Waals surface area contributed by atoms with Crippen molar-refractivity contribution >= 4 is 33.1 Å². The number of aromatic nitrogens is 3. The Hall–Kier alpha value is -2.58. The Bertz CT molecular complexity index is 1120. The summed E-state index contributed by atoms with van der Waals surface area (Å²) >= 11 is 1.44. The van der Waals surface area contributed by atoms with Gasteiger partial charge in [-0.2, -0.15) is 0 Å². The van der Waals surface area contributed by atoms with E-state index in [4.69, 9.17) is 4.74 Å². The van der Waals surface area contributed by atoms with Gasteiger partial charge in [0, 0.05) is 17.0 Å². The predicted molar refractivity (Wildman–Crippen MR) is 109 cm³/mol. The minimum absolute atomic E-state index is 0.178. The SMILES string of the molecule is CC[C@]1(C)Cc2c(sc3nnn(CC(=O)Nc4ccccc4C)c(=O)c23)CO1. The zero-order valence-corrected chi connectivity index (χ0v) is 16.9. The Morgan fingerprint density at radius 1 is 1.39 bits per heavy atom. The molecule has 1 atom stereocenters. The largest absolute Gasteiger partial charge is 0.369 e. The van der Waals surface area contributed by atoms with Crippen LogP contribution in [0, 0.1) is 6.92 Å². The number of para-hydroxylation sites is 1. The molecule has 2 aromatic heterocycles. The maximum absolute atomic E-state index is 13.1. The summed E-state index contributed by atoms with van der Waals surface area (Å²) in [7, 11) is 0. The second-order valence-corrected chi connectivity index (χ2v) is 8.45. The Kier molecular flexibility index (Phi) is 4.76. The quantitative estimate of drug-likeness (QED) is 0.730. The third kappa shape index (κ3) is 3.33. The highest BCUT2D eigenvalue weighted by molar-refractivity contribution is 7.18. The standard InChI is InChI=1S/C20H22N4O3S/c1-4-20(3)9-13-15(11-27-20)28-18-17(13)19(26)24(23-22-18)10-16(25)21-14-8-6-5-7-12(14)2/h5-8H,4,9-11H2,1-3H3,(H,21,25)/t20-/m1/s1. The molecule has 1 amide bonds. The van der Waals surface area contributed by atoms with E-state index in [9.17, 15) is 9.59 Å². The van der Waals surface area contributed by atoms with E-state index < -0.39 is 0 Å². The number of amides is 1. The molecule has 1 aliphatic rings. The molecule has 3 heterocycles. The molecule has 8 heteroatoms. The molecule has 0 bridgehead atoms. The van der Waals surface area contributed by atoms with Gasteiger partial charge in [-0.25, -0.2) is 4.68 Å². The first-order chi connectivity index (χ1) is 13.4. The topological polar surface area (TPSA) is 86.1 Å². The second-order valence-electron chi connectivity index (χ2n) is 7.37. The highest BCUT2D eigenvalue weighted by Crippen LogP contribution is 2.37. The lowest BCUT2D eigenvalue weighted by Crippen LogP contribution is -2.35. The van der Waals surface area contributed by atoms with Gasteiger partial charge >= 0.3 is 0 Å². The third-order valence-corrected chi connectivity index (χ3v) is 6.42. The van der Waals surface area contributed by atoms with E-state index in [0.29, 0.717) is 23.2 Å². The normalized spacial score (nSPS) is 18.8. The lowest BCUT2D eigenvalue weighted by atomic mass is 9.90. The molecule has 0 radical (unpaired) electrons. The summed E-state index contributed by atoms with van der Waals surface area (Å²) in [5, 5.41) is 11.6. The van der Waals surface area contributed by atoms with Gasteiger partial charge in [-0.1, -0.05) is 30.3 Å². The van der Waals surface area contributed by atoms with E-state index in [1.165, 1.54) is 11.3 Å². The molecule has 0 spiro atoms. The van der Waals surface area contributed by atoms with Crippen LogP contribution in [0.1, 0.15) is 36.3 Å². The number of nitrogens with zero attached hydrogens (tertiary/aromatic N) is 3. The van der Waals surface area contributed by atoms with Crippen molar-refractivity contribution in [1.29, 1.82) is 0 Å². The highest BCUT2D eigenvalue weighted by Gasteiger charge is 2.33. The smallest absolute Gasteiger partial charge is 0.279 e. The van der Waals surface area contributed by atoms with Crippen molar-refractivity contribution in [2.24, 2.45) is 0 Å². The molecule has 1 aliphatic heterocycles. The van der Waals surface area contributed by atoms with Gasteiger partial charge in [0.2, 0.25) is 5.91 Å². The van der Waals surface area contributed by atoms with E-state index >= 15 is 0 Å². The molecule has 1 N–H and O–H groups in total. The lowest BCUT2D eigenvalue weighted by Gasteiger charge is -2.32. The van der Waals surface area contributed by atoms with Crippen LogP contribution in [0.25, 0.3) is 10.2 Å². The molecular weight excluding hydrogens is 376 g/mol. The number of fused-ring (bicyclic) bond motifs is 3. The molecule has 28 heavy (non-hydrogen) atoms. The number of rotatable bonds is 4.